The number of rotatable bonds is 14. The summed E-state index contributed by atoms with van der Waals surface area (Å²) in [5.74, 6) is 2.58. The molecule has 1 N–H and O–H groups in total. The van der Waals surface area contributed by atoms with Crippen LogP contribution in [0.15, 0.2) is 66.7 Å². The molecule has 0 radical (unpaired) electrons. The van der Waals surface area contributed by atoms with E-state index in [4.69, 9.17) is 19.3 Å². The second-order valence-corrected chi connectivity index (χ2v) is 9.38. The number of hydrogen-bond acceptors (Lipinski definition) is 4. The summed E-state index contributed by atoms with van der Waals surface area (Å²) in [4.78, 5) is 0. The van der Waals surface area contributed by atoms with Crippen molar-refractivity contribution in [2.75, 3.05) is 26.4 Å². The van der Waals surface area contributed by atoms with Crippen molar-refractivity contribution in [1.82, 2.24) is 4.57 Å². The van der Waals surface area contributed by atoms with Gasteiger partial charge in [0.05, 0.1) is 25.5 Å². The van der Waals surface area contributed by atoms with Gasteiger partial charge in [0.1, 0.15) is 23.9 Å². The highest BCUT2D eigenvalue weighted by atomic mass is 16.5. The van der Waals surface area contributed by atoms with Gasteiger partial charge in [-0.3, -0.25) is 0 Å². The van der Waals surface area contributed by atoms with Gasteiger partial charge in [0, 0.05) is 17.4 Å². The number of ether oxygens (including phenoxy) is 3. The number of benzene rings is 3. The first-order chi connectivity index (χ1) is 18.1. The maximum absolute atomic E-state index is 9.02. The van der Waals surface area contributed by atoms with E-state index in [2.05, 4.69) is 79.9 Å². The molecule has 1 aromatic heterocycles. The molecule has 0 aliphatic rings. The molecule has 196 valence electrons. The third-order valence-corrected chi connectivity index (χ3v) is 6.57. The largest absolute Gasteiger partial charge is 0.494 e. The number of aliphatic hydroxyl groups excluding tert-OH is 1. The summed E-state index contributed by atoms with van der Waals surface area (Å²) in [6.45, 7) is 9.05. The van der Waals surface area contributed by atoms with Crippen LogP contribution in [0.3, 0.4) is 0 Å². The molecular formula is C32H39NO4. The Morgan fingerprint density at radius 1 is 0.703 bits per heavy atom. The quantitative estimate of drug-likeness (QED) is 0.183. The average Bonchev–Trinajstić information content (AvgIpc) is 3.19. The highest BCUT2D eigenvalue weighted by Crippen LogP contribution is 2.36. The fraction of sp³-hybridized carbons (Fsp3) is 0.375. The Bertz CT molecular complexity index is 1260. The summed E-state index contributed by atoms with van der Waals surface area (Å²) in [6, 6.07) is 23.0. The number of aromatic nitrogens is 1. The second kappa shape index (κ2) is 13.2. The van der Waals surface area contributed by atoms with Gasteiger partial charge in [0.25, 0.3) is 0 Å². The van der Waals surface area contributed by atoms with Gasteiger partial charge >= 0.3 is 0 Å². The maximum Gasteiger partial charge on any atom is 0.120 e. The van der Waals surface area contributed by atoms with Gasteiger partial charge in [0.2, 0.25) is 0 Å². The van der Waals surface area contributed by atoms with Crippen LogP contribution < -0.4 is 14.2 Å². The molecule has 5 nitrogen and oxygen atoms in total. The first-order valence-electron chi connectivity index (χ1n) is 13.5. The lowest BCUT2D eigenvalue weighted by molar-refractivity contribution is 0.201. The SMILES string of the molecule is CCCCOc1ccc(-c2c(C)c3cc(OCCCC)ccc3n2Cc2ccc(OCCO)cc2)cc1. The minimum atomic E-state index is 0.00628. The molecule has 0 fully saturated rings. The molecule has 0 spiro atoms. The summed E-state index contributed by atoms with van der Waals surface area (Å²) < 4.78 is 19.9. The van der Waals surface area contributed by atoms with Crippen molar-refractivity contribution in [3.05, 3.63) is 77.9 Å². The van der Waals surface area contributed by atoms with Crippen LogP contribution in [0, 0.1) is 6.92 Å². The Balaban J connectivity index is 1.70. The van der Waals surface area contributed by atoms with Crippen LogP contribution in [0.4, 0.5) is 0 Å². The van der Waals surface area contributed by atoms with E-state index in [1.807, 2.05) is 12.1 Å². The van der Waals surface area contributed by atoms with E-state index in [1.165, 1.54) is 27.7 Å². The van der Waals surface area contributed by atoms with Crippen molar-refractivity contribution in [3.8, 4) is 28.5 Å². The molecule has 0 unspecified atom stereocenters. The standard InChI is InChI=1S/C32H39NO4/c1-4-6-19-35-28-14-10-26(11-15-28)32-24(3)30-22-29(36-20-7-5-2)16-17-31(30)33(32)23-25-8-12-27(13-9-25)37-21-18-34/h8-17,22,34H,4-7,18-21,23H2,1-3H3. The third kappa shape index (κ3) is 6.66. The predicted molar refractivity (Wildman–Crippen MR) is 151 cm³/mol. The average molecular weight is 502 g/mol. The lowest BCUT2D eigenvalue weighted by Crippen LogP contribution is -2.04. The van der Waals surface area contributed by atoms with Crippen molar-refractivity contribution >= 4 is 10.9 Å². The number of unbranched alkanes of at least 4 members (excludes halogenated alkanes) is 2. The maximum atomic E-state index is 9.02. The lowest BCUT2D eigenvalue weighted by Gasteiger charge is -2.14. The van der Waals surface area contributed by atoms with E-state index in [0.29, 0.717) is 6.61 Å². The Morgan fingerprint density at radius 3 is 1.89 bits per heavy atom. The van der Waals surface area contributed by atoms with Gasteiger partial charge in [-0.1, -0.05) is 38.8 Å². The Morgan fingerprint density at radius 2 is 1.27 bits per heavy atom. The zero-order chi connectivity index (χ0) is 26.0. The first-order valence-corrected chi connectivity index (χ1v) is 13.5. The molecule has 4 aromatic rings. The fourth-order valence-corrected chi connectivity index (χ4v) is 4.54. The number of aryl methyl sites for hydroxylation is 1. The highest BCUT2D eigenvalue weighted by Gasteiger charge is 2.17. The summed E-state index contributed by atoms with van der Waals surface area (Å²) in [5.41, 5.74) is 5.95. The van der Waals surface area contributed by atoms with E-state index >= 15 is 0 Å². The van der Waals surface area contributed by atoms with Crippen LogP contribution in [0.2, 0.25) is 0 Å². The smallest absolute Gasteiger partial charge is 0.120 e. The molecule has 37 heavy (non-hydrogen) atoms. The van der Waals surface area contributed by atoms with Crippen molar-refractivity contribution in [2.24, 2.45) is 0 Å². The predicted octanol–water partition coefficient (Wildman–Crippen LogP) is 7.39. The zero-order valence-corrected chi connectivity index (χ0v) is 22.3. The molecule has 0 saturated heterocycles. The monoisotopic (exact) mass is 501 g/mol. The Kier molecular flexibility index (Phi) is 9.50. The molecule has 0 saturated carbocycles. The Labute approximate surface area is 220 Å². The van der Waals surface area contributed by atoms with Gasteiger partial charge in [0.15, 0.2) is 0 Å². The van der Waals surface area contributed by atoms with Crippen LogP contribution >= 0.6 is 0 Å². The molecule has 0 atom stereocenters. The second-order valence-electron chi connectivity index (χ2n) is 9.38. The topological polar surface area (TPSA) is 52.9 Å². The molecule has 1 heterocycles. The van der Waals surface area contributed by atoms with Crippen LogP contribution in [-0.2, 0) is 6.54 Å². The lowest BCUT2D eigenvalue weighted by atomic mass is 10.1. The van der Waals surface area contributed by atoms with Crippen LogP contribution in [-0.4, -0.2) is 36.1 Å². The molecule has 4 rings (SSSR count). The van der Waals surface area contributed by atoms with Gasteiger partial charge in [-0.05, 0) is 91.1 Å². The number of aliphatic hydroxyl groups is 1. The van der Waals surface area contributed by atoms with Gasteiger partial charge in [-0.25, -0.2) is 0 Å². The van der Waals surface area contributed by atoms with Crippen molar-refractivity contribution in [2.45, 2.75) is 53.0 Å². The fourth-order valence-electron chi connectivity index (χ4n) is 4.54. The summed E-state index contributed by atoms with van der Waals surface area (Å²) in [5, 5.41) is 10.2. The van der Waals surface area contributed by atoms with Gasteiger partial charge < -0.3 is 23.9 Å². The highest BCUT2D eigenvalue weighted by molar-refractivity contribution is 5.92. The van der Waals surface area contributed by atoms with E-state index < -0.39 is 0 Å². The van der Waals surface area contributed by atoms with E-state index in [1.54, 1.807) is 0 Å². The minimum absolute atomic E-state index is 0.00628. The number of hydrogen-bond donors (Lipinski definition) is 1. The molecule has 0 amide bonds. The van der Waals surface area contributed by atoms with Gasteiger partial charge in [-0.15, -0.1) is 0 Å². The minimum Gasteiger partial charge on any atom is -0.494 e. The van der Waals surface area contributed by atoms with E-state index in [-0.39, 0.29) is 6.61 Å². The van der Waals surface area contributed by atoms with Crippen molar-refractivity contribution < 1.29 is 19.3 Å². The molecular weight excluding hydrogens is 462 g/mol. The van der Waals surface area contributed by atoms with Crippen LogP contribution in [0.1, 0.15) is 50.7 Å². The van der Waals surface area contributed by atoms with E-state index in [0.717, 1.165) is 68.3 Å². The molecule has 0 bridgehead atoms. The number of nitrogens with zero attached hydrogens (tertiary/aromatic N) is 1. The third-order valence-electron chi connectivity index (χ3n) is 6.57. The summed E-state index contributed by atoms with van der Waals surface area (Å²) >= 11 is 0. The molecule has 3 aromatic carbocycles. The normalized spacial score (nSPS) is 11.1. The summed E-state index contributed by atoms with van der Waals surface area (Å²) in [6.07, 6.45) is 4.34. The Hall–Kier alpha value is -3.44. The zero-order valence-electron chi connectivity index (χ0n) is 22.3. The van der Waals surface area contributed by atoms with Crippen molar-refractivity contribution in [3.63, 3.8) is 0 Å². The molecule has 5 heteroatoms. The number of fused-ring (bicyclic) bond motifs is 1. The molecule has 0 aliphatic carbocycles. The van der Waals surface area contributed by atoms with Crippen LogP contribution in [0.25, 0.3) is 22.2 Å². The van der Waals surface area contributed by atoms with E-state index in [9.17, 15) is 0 Å². The van der Waals surface area contributed by atoms with Crippen LogP contribution in [0.5, 0.6) is 17.2 Å². The first kappa shape index (κ1) is 26.6. The van der Waals surface area contributed by atoms with Crippen molar-refractivity contribution in [1.29, 1.82) is 0 Å². The summed E-state index contributed by atoms with van der Waals surface area (Å²) in [7, 11) is 0. The van der Waals surface area contributed by atoms with Gasteiger partial charge in [-0.2, -0.15) is 0 Å². The molecule has 0 aliphatic heterocycles.